The predicted molar refractivity (Wildman–Crippen MR) is 189 cm³/mol. The molecule has 51 heavy (non-hydrogen) atoms. The van der Waals surface area contributed by atoms with Gasteiger partial charge in [-0.05, 0) is 86.7 Å². The first-order valence-corrected chi connectivity index (χ1v) is 17.3. The average molecular weight is 681 g/mol. The van der Waals surface area contributed by atoms with E-state index in [4.69, 9.17) is 4.74 Å². The molecule has 0 unspecified atom stereocenters. The monoisotopic (exact) mass is 680 g/mol. The number of para-hydroxylation sites is 1. The van der Waals surface area contributed by atoms with Crippen molar-refractivity contribution in [3.8, 4) is 11.5 Å². The average Bonchev–Trinajstić information content (AvgIpc) is 3.52. The zero-order chi connectivity index (χ0) is 35.6. The van der Waals surface area contributed by atoms with E-state index >= 15 is 0 Å². The minimum Gasteiger partial charge on any atom is -0.504 e. The van der Waals surface area contributed by atoms with Gasteiger partial charge in [0.05, 0.1) is 41.2 Å². The van der Waals surface area contributed by atoms with Crippen LogP contribution >= 0.6 is 0 Å². The molecule has 256 valence electrons. The molecule has 8 rings (SSSR count). The number of hydrogen-bond acceptors (Lipinski definition) is 7. The van der Waals surface area contributed by atoms with Gasteiger partial charge < -0.3 is 9.84 Å². The first-order valence-electron chi connectivity index (χ1n) is 17.3. The number of fused-ring (bicyclic) bond motifs is 4. The van der Waals surface area contributed by atoms with E-state index in [0.29, 0.717) is 41.1 Å². The maximum Gasteiger partial charge on any atom is 0.241 e. The number of ether oxygens (including phenoxy) is 1. The number of imide groups is 2. The summed E-state index contributed by atoms with van der Waals surface area (Å²) < 4.78 is 5.74. The molecule has 4 amide bonds. The number of ketones is 1. The lowest BCUT2D eigenvalue weighted by Gasteiger charge is -2.49. The first kappa shape index (κ1) is 32.4. The Morgan fingerprint density at radius 1 is 0.784 bits per heavy atom. The van der Waals surface area contributed by atoms with E-state index in [1.54, 1.807) is 84.9 Å². The lowest BCUT2D eigenvalue weighted by molar-refractivity contribution is -0.131. The molecule has 4 aliphatic rings. The van der Waals surface area contributed by atoms with E-state index in [2.05, 4.69) is 0 Å². The Morgan fingerprint density at radius 3 is 2.12 bits per heavy atom. The van der Waals surface area contributed by atoms with Crippen molar-refractivity contribution in [1.82, 2.24) is 0 Å². The van der Waals surface area contributed by atoms with E-state index in [-0.39, 0.29) is 47.3 Å². The van der Waals surface area contributed by atoms with E-state index in [1.807, 2.05) is 32.1 Å². The van der Waals surface area contributed by atoms with Crippen molar-refractivity contribution >= 4 is 40.8 Å². The highest BCUT2D eigenvalue weighted by atomic mass is 16.5. The molecular weight excluding hydrogens is 644 g/mol. The van der Waals surface area contributed by atoms with Crippen molar-refractivity contribution in [1.29, 1.82) is 0 Å². The number of phenolic OH excluding ortho intramolecular Hbond substituents is 1. The number of allylic oxidation sites excluding steroid dienone is 2. The second kappa shape index (κ2) is 12.2. The van der Waals surface area contributed by atoms with Gasteiger partial charge in [0.15, 0.2) is 17.3 Å². The summed E-state index contributed by atoms with van der Waals surface area (Å²) in [5.41, 5.74) is 2.14. The Balaban J connectivity index is 1.19. The van der Waals surface area contributed by atoms with Crippen molar-refractivity contribution in [2.75, 3.05) is 16.4 Å². The van der Waals surface area contributed by atoms with Gasteiger partial charge in [-0.3, -0.25) is 28.9 Å². The van der Waals surface area contributed by atoms with Crippen LogP contribution in [0, 0.1) is 29.1 Å². The van der Waals surface area contributed by atoms with Crippen LogP contribution in [-0.4, -0.2) is 41.1 Å². The van der Waals surface area contributed by atoms with Crippen molar-refractivity contribution in [2.24, 2.45) is 29.1 Å². The third-order valence-corrected chi connectivity index (χ3v) is 11.3. The summed E-state index contributed by atoms with van der Waals surface area (Å²) in [6.07, 6.45) is 2.51. The topological polar surface area (TPSA) is 121 Å². The fourth-order valence-electron chi connectivity index (χ4n) is 8.97. The number of amides is 4. The number of nitrogens with zero attached hydrogens (tertiary/aromatic N) is 2. The number of phenols is 1. The van der Waals surface area contributed by atoms with Crippen LogP contribution < -0.4 is 14.5 Å². The largest absolute Gasteiger partial charge is 0.504 e. The molecule has 6 atom stereocenters. The molecule has 0 spiro atoms. The molecule has 1 saturated carbocycles. The summed E-state index contributed by atoms with van der Waals surface area (Å²) in [6.45, 7) is 3.95. The quantitative estimate of drug-likeness (QED) is 0.135. The SMILES string of the molecule is CCOc1cc([C@H]2C3=CC[C@@H]4C(=O)N(c5ccc(C(=O)c6ccccc6)cc5)C(=O)[C@@H]4[C@@H]3C[C@H]3C(=O)N(c4ccccc4)C(=O)[C@@]23C)ccc1O. The number of benzene rings is 4. The van der Waals surface area contributed by atoms with Gasteiger partial charge in [0, 0.05) is 17.0 Å². The van der Waals surface area contributed by atoms with Crippen molar-refractivity contribution in [2.45, 2.75) is 32.6 Å². The van der Waals surface area contributed by atoms with Gasteiger partial charge in [0.1, 0.15) is 0 Å². The highest BCUT2D eigenvalue weighted by Gasteiger charge is 2.67. The molecule has 9 heteroatoms. The highest BCUT2D eigenvalue weighted by Crippen LogP contribution is 2.64. The van der Waals surface area contributed by atoms with E-state index < -0.39 is 35.0 Å². The van der Waals surface area contributed by atoms with Crippen molar-refractivity contribution < 1.29 is 33.8 Å². The van der Waals surface area contributed by atoms with Gasteiger partial charge in [-0.2, -0.15) is 0 Å². The second-order valence-corrected chi connectivity index (χ2v) is 13.9. The van der Waals surface area contributed by atoms with Crippen LogP contribution in [0.3, 0.4) is 0 Å². The fraction of sp³-hybridized carbons (Fsp3) is 0.262. The van der Waals surface area contributed by atoms with Gasteiger partial charge >= 0.3 is 0 Å². The number of rotatable bonds is 7. The molecule has 2 saturated heterocycles. The molecule has 9 nitrogen and oxygen atoms in total. The minimum absolute atomic E-state index is 0.0456. The van der Waals surface area contributed by atoms with E-state index in [9.17, 15) is 29.1 Å². The van der Waals surface area contributed by atoms with Crippen LogP contribution in [0.5, 0.6) is 11.5 Å². The van der Waals surface area contributed by atoms with Crippen molar-refractivity contribution in [3.05, 3.63) is 131 Å². The van der Waals surface area contributed by atoms with Crippen LogP contribution in [0.4, 0.5) is 11.4 Å². The third-order valence-electron chi connectivity index (χ3n) is 11.3. The second-order valence-electron chi connectivity index (χ2n) is 13.9. The van der Waals surface area contributed by atoms with Crippen LogP contribution in [0.15, 0.2) is 115 Å². The Labute approximate surface area is 295 Å². The van der Waals surface area contributed by atoms with Gasteiger partial charge in [0.25, 0.3) is 0 Å². The highest BCUT2D eigenvalue weighted by molar-refractivity contribution is 6.25. The Morgan fingerprint density at radius 2 is 1.43 bits per heavy atom. The first-order chi connectivity index (χ1) is 24.6. The molecule has 0 aromatic heterocycles. The number of anilines is 2. The summed E-state index contributed by atoms with van der Waals surface area (Å²) >= 11 is 0. The smallest absolute Gasteiger partial charge is 0.241 e. The molecule has 2 aliphatic carbocycles. The van der Waals surface area contributed by atoms with E-state index in [1.165, 1.54) is 15.9 Å². The molecular formula is C42H36N2O7. The summed E-state index contributed by atoms with van der Waals surface area (Å²) in [5, 5.41) is 10.6. The van der Waals surface area contributed by atoms with Gasteiger partial charge in [-0.1, -0.05) is 66.2 Å². The summed E-state index contributed by atoms with van der Waals surface area (Å²) in [6, 6.07) is 29.2. The minimum atomic E-state index is -1.21. The van der Waals surface area contributed by atoms with Gasteiger partial charge in [-0.15, -0.1) is 0 Å². The Bertz CT molecular complexity index is 2130. The molecule has 1 N–H and O–H groups in total. The fourth-order valence-corrected chi connectivity index (χ4v) is 8.97. The standard InChI is InChI=1S/C42H36N2O7/c1-3-51-34-22-26(16-21-33(34)45)36-29-19-20-30-35(31(29)23-32-39(48)44(41(50)42(32,36)2)27-12-8-5-9-13-27)40(49)43(38(30)47)28-17-14-25(15-18-28)37(46)24-10-6-4-7-11-24/h4-19,21-22,30-32,35-36,45H,3,20,23H2,1-2H3/t30-,31+,32-,35-,36-,42+/m0/s1. The molecule has 3 fully saturated rings. The zero-order valence-corrected chi connectivity index (χ0v) is 28.2. The molecule has 2 heterocycles. The maximum atomic E-state index is 14.6. The Hall–Kier alpha value is -5.83. The number of carbonyl (C=O) groups is 5. The summed E-state index contributed by atoms with van der Waals surface area (Å²) in [7, 11) is 0. The van der Waals surface area contributed by atoms with E-state index in [0.717, 1.165) is 5.57 Å². The van der Waals surface area contributed by atoms with Crippen LogP contribution in [0.25, 0.3) is 0 Å². The summed E-state index contributed by atoms with van der Waals surface area (Å²) in [5.74, 6) is -4.59. The Kier molecular flexibility index (Phi) is 7.74. The van der Waals surface area contributed by atoms with Gasteiger partial charge in [-0.25, -0.2) is 4.90 Å². The lowest BCUT2D eigenvalue weighted by atomic mass is 9.51. The van der Waals surface area contributed by atoms with Crippen LogP contribution in [0.2, 0.25) is 0 Å². The lowest BCUT2D eigenvalue weighted by Crippen LogP contribution is -2.48. The van der Waals surface area contributed by atoms with Gasteiger partial charge in [0.2, 0.25) is 23.6 Å². The molecule has 0 radical (unpaired) electrons. The zero-order valence-electron chi connectivity index (χ0n) is 28.2. The third kappa shape index (κ3) is 4.86. The normalized spacial score (nSPS) is 26.8. The predicted octanol–water partition coefficient (Wildman–Crippen LogP) is 6.46. The number of carbonyl (C=O) groups excluding carboxylic acids is 5. The molecule has 4 aromatic rings. The summed E-state index contributed by atoms with van der Waals surface area (Å²) in [4.78, 5) is 73.0. The molecule has 2 aliphatic heterocycles. The van der Waals surface area contributed by atoms with Crippen LogP contribution in [0.1, 0.15) is 54.1 Å². The van der Waals surface area contributed by atoms with Crippen molar-refractivity contribution in [3.63, 3.8) is 0 Å². The maximum absolute atomic E-state index is 14.6. The molecule has 4 aromatic carbocycles. The number of aromatic hydroxyl groups is 1. The van der Waals surface area contributed by atoms with Crippen LogP contribution in [-0.2, 0) is 19.2 Å². The number of hydrogen-bond donors (Lipinski definition) is 1. The molecule has 0 bridgehead atoms.